The maximum atomic E-state index is 14.0. The van der Waals surface area contributed by atoms with E-state index in [1.54, 1.807) is 42.4 Å². The number of carbonyl (C=O) groups is 1. The van der Waals surface area contributed by atoms with Crippen molar-refractivity contribution in [3.63, 3.8) is 0 Å². The summed E-state index contributed by atoms with van der Waals surface area (Å²) in [6, 6.07) is 16.2. The van der Waals surface area contributed by atoms with Crippen molar-refractivity contribution >= 4 is 46.2 Å². The number of hydrogen-bond acceptors (Lipinski definition) is 5. The van der Waals surface area contributed by atoms with E-state index in [2.05, 4.69) is 15.3 Å². The molecule has 4 rings (SSSR count). The Balaban J connectivity index is 1.56. The monoisotopic (exact) mass is 438 g/mol. The molecule has 1 N–H and O–H groups in total. The number of halogens is 1. The lowest BCUT2D eigenvalue weighted by molar-refractivity contribution is -0.116. The first-order chi connectivity index (χ1) is 14.6. The van der Waals surface area contributed by atoms with Crippen molar-refractivity contribution in [2.24, 2.45) is 0 Å². The minimum Gasteiger partial charge on any atom is -0.324 e. The van der Waals surface area contributed by atoms with Crippen molar-refractivity contribution in [1.82, 2.24) is 14.5 Å². The Kier molecular flexibility index (Phi) is 6.35. The van der Waals surface area contributed by atoms with Gasteiger partial charge in [-0.05, 0) is 42.2 Å². The number of fused-ring (bicyclic) bond motifs is 1. The molecule has 0 aliphatic rings. The molecule has 0 spiro atoms. The van der Waals surface area contributed by atoms with E-state index in [1.807, 2.05) is 41.2 Å². The van der Waals surface area contributed by atoms with E-state index in [-0.39, 0.29) is 18.3 Å². The normalized spacial score (nSPS) is 11.0. The van der Waals surface area contributed by atoms with Crippen LogP contribution in [0.3, 0.4) is 0 Å². The van der Waals surface area contributed by atoms with Crippen LogP contribution >= 0.6 is 23.5 Å². The Bertz CT molecular complexity index is 1190. The molecule has 2 heterocycles. The summed E-state index contributed by atoms with van der Waals surface area (Å²) in [6.45, 7) is 0.0886. The Hall–Kier alpha value is -2.84. The van der Waals surface area contributed by atoms with Crippen LogP contribution in [-0.2, 0) is 17.1 Å². The van der Waals surface area contributed by atoms with Crippen molar-refractivity contribution in [3.05, 3.63) is 78.4 Å². The summed E-state index contributed by atoms with van der Waals surface area (Å²) >= 11 is 3.01. The molecule has 152 valence electrons. The number of rotatable bonds is 7. The Morgan fingerprint density at radius 1 is 1.17 bits per heavy atom. The summed E-state index contributed by atoms with van der Waals surface area (Å²) in [5.74, 6) is 0.00534. The van der Waals surface area contributed by atoms with Gasteiger partial charge in [0.1, 0.15) is 12.4 Å². The lowest BCUT2D eigenvalue weighted by Crippen LogP contribution is -2.19. The average Bonchev–Trinajstić information content (AvgIpc) is 3.10. The van der Waals surface area contributed by atoms with Crippen LogP contribution in [0.15, 0.2) is 77.0 Å². The fourth-order valence-electron chi connectivity index (χ4n) is 3.01. The predicted octanol–water partition coefficient (Wildman–Crippen LogP) is 5.22. The predicted molar refractivity (Wildman–Crippen MR) is 120 cm³/mol. The zero-order chi connectivity index (χ0) is 20.9. The first-order valence-corrected chi connectivity index (χ1v) is 11.5. The van der Waals surface area contributed by atoms with Gasteiger partial charge in [0.15, 0.2) is 5.16 Å². The SMILES string of the molecule is CSc1cccc(NC(=O)Cn2c(SCc3ccccc3F)nc3ccncc32)c1. The second-order valence-corrected chi connectivity index (χ2v) is 8.33. The van der Waals surface area contributed by atoms with Gasteiger partial charge in [-0.1, -0.05) is 36.0 Å². The highest BCUT2D eigenvalue weighted by Crippen LogP contribution is 2.27. The number of imidazole rings is 1. The molecule has 4 aromatic rings. The van der Waals surface area contributed by atoms with Crippen molar-refractivity contribution in [2.75, 3.05) is 11.6 Å². The number of carbonyl (C=O) groups excluding carboxylic acids is 1. The van der Waals surface area contributed by atoms with Gasteiger partial charge < -0.3 is 9.88 Å². The molecule has 8 heteroatoms. The number of amides is 1. The molecule has 1 amide bonds. The molecule has 0 aliphatic heterocycles. The number of thioether (sulfide) groups is 2. The van der Waals surface area contributed by atoms with Crippen LogP contribution in [0, 0.1) is 5.82 Å². The lowest BCUT2D eigenvalue weighted by atomic mass is 10.2. The zero-order valence-corrected chi connectivity index (χ0v) is 17.8. The highest BCUT2D eigenvalue weighted by Gasteiger charge is 2.15. The first-order valence-electron chi connectivity index (χ1n) is 9.24. The van der Waals surface area contributed by atoms with Gasteiger partial charge in [-0.3, -0.25) is 9.78 Å². The Labute approximate surface area is 182 Å². The molecule has 30 heavy (non-hydrogen) atoms. The van der Waals surface area contributed by atoms with Crippen LogP contribution in [0.1, 0.15) is 5.56 Å². The molecule has 0 saturated heterocycles. The number of nitrogens with one attached hydrogen (secondary N) is 1. The fourth-order valence-corrected chi connectivity index (χ4v) is 4.47. The third kappa shape index (κ3) is 4.66. The maximum absolute atomic E-state index is 14.0. The molecule has 2 aromatic heterocycles. The molecule has 0 unspecified atom stereocenters. The number of pyridine rings is 1. The molecule has 2 aromatic carbocycles. The van der Waals surface area contributed by atoms with Crippen LogP contribution < -0.4 is 5.32 Å². The molecular weight excluding hydrogens is 419 g/mol. The summed E-state index contributed by atoms with van der Waals surface area (Å²) in [5.41, 5.74) is 2.85. The zero-order valence-electron chi connectivity index (χ0n) is 16.2. The van der Waals surface area contributed by atoms with Crippen LogP contribution in [0.2, 0.25) is 0 Å². The lowest BCUT2D eigenvalue weighted by Gasteiger charge is -2.10. The topological polar surface area (TPSA) is 59.8 Å². The van der Waals surface area contributed by atoms with Crippen LogP contribution in [0.5, 0.6) is 0 Å². The third-order valence-corrected chi connectivity index (χ3v) is 6.24. The molecule has 0 saturated carbocycles. The van der Waals surface area contributed by atoms with Gasteiger partial charge in [0.05, 0.1) is 17.2 Å². The second kappa shape index (κ2) is 9.32. The van der Waals surface area contributed by atoms with Gasteiger partial charge in [0, 0.05) is 22.5 Å². The minimum absolute atomic E-state index is 0.0886. The highest BCUT2D eigenvalue weighted by atomic mass is 32.2. The maximum Gasteiger partial charge on any atom is 0.244 e. The van der Waals surface area contributed by atoms with Gasteiger partial charge in [-0.2, -0.15) is 0 Å². The summed E-state index contributed by atoms with van der Waals surface area (Å²) in [6.07, 6.45) is 5.35. The van der Waals surface area contributed by atoms with Gasteiger partial charge in [-0.25, -0.2) is 9.37 Å². The largest absolute Gasteiger partial charge is 0.324 e. The third-order valence-electron chi connectivity index (χ3n) is 4.49. The van der Waals surface area contributed by atoms with E-state index >= 15 is 0 Å². The van der Waals surface area contributed by atoms with Crippen molar-refractivity contribution in [3.8, 4) is 0 Å². The standard InChI is InChI=1S/C22H19FN4OS2/c1-29-17-7-4-6-16(11-17)25-21(28)13-27-20-12-24-10-9-19(20)26-22(27)30-14-15-5-2-3-8-18(15)23/h2-12H,13-14H2,1H3,(H,25,28). The average molecular weight is 439 g/mol. The minimum atomic E-state index is -0.249. The van der Waals surface area contributed by atoms with Gasteiger partial charge >= 0.3 is 0 Å². The van der Waals surface area contributed by atoms with E-state index in [9.17, 15) is 9.18 Å². The fraction of sp³-hybridized carbons (Fsp3) is 0.136. The van der Waals surface area contributed by atoms with E-state index in [0.29, 0.717) is 16.5 Å². The molecule has 0 bridgehead atoms. The van der Waals surface area contributed by atoms with E-state index in [0.717, 1.165) is 21.6 Å². The van der Waals surface area contributed by atoms with Gasteiger partial charge in [0.2, 0.25) is 5.91 Å². The van der Waals surface area contributed by atoms with Crippen LogP contribution in [0.4, 0.5) is 10.1 Å². The van der Waals surface area contributed by atoms with Gasteiger partial charge in [-0.15, -0.1) is 11.8 Å². The molecule has 5 nitrogen and oxygen atoms in total. The number of benzene rings is 2. The molecule has 0 aliphatic carbocycles. The van der Waals surface area contributed by atoms with E-state index in [4.69, 9.17) is 0 Å². The number of anilines is 1. The number of hydrogen-bond donors (Lipinski definition) is 1. The van der Waals surface area contributed by atoms with Crippen LogP contribution in [0.25, 0.3) is 11.0 Å². The smallest absolute Gasteiger partial charge is 0.244 e. The molecule has 0 fully saturated rings. The van der Waals surface area contributed by atoms with Gasteiger partial charge in [0.25, 0.3) is 0 Å². The summed E-state index contributed by atoms with van der Waals surface area (Å²) in [5, 5.41) is 3.59. The second-order valence-electron chi connectivity index (χ2n) is 6.51. The summed E-state index contributed by atoms with van der Waals surface area (Å²) in [4.78, 5) is 22.6. The van der Waals surface area contributed by atoms with Crippen LogP contribution in [-0.4, -0.2) is 26.7 Å². The Morgan fingerprint density at radius 2 is 2.03 bits per heavy atom. The quantitative estimate of drug-likeness (QED) is 0.401. The number of nitrogens with zero attached hydrogens (tertiary/aromatic N) is 3. The molecular formula is C22H19FN4OS2. The summed E-state index contributed by atoms with van der Waals surface area (Å²) < 4.78 is 15.8. The highest BCUT2D eigenvalue weighted by molar-refractivity contribution is 7.98. The Morgan fingerprint density at radius 3 is 2.87 bits per heavy atom. The van der Waals surface area contributed by atoms with Crippen molar-refractivity contribution < 1.29 is 9.18 Å². The number of aromatic nitrogens is 3. The van der Waals surface area contributed by atoms with E-state index < -0.39 is 0 Å². The first kappa shape index (κ1) is 20.4. The summed E-state index contributed by atoms with van der Waals surface area (Å²) in [7, 11) is 0. The molecule has 0 atom stereocenters. The van der Waals surface area contributed by atoms with E-state index in [1.165, 1.54) is 17.8 Å². The van der Waals surface area contributed by atoms with Crippen molar-refractivity contribution in [1.29, 1.82) is 0 Å². The molecule has 0 radical (unpaired) electrons. The van der Waals surface area contributed by atoms with Crippen molar-refractivity contribution in [2.45, 2.75) is 22.3 Å².